The zero-order chi connectivity index (χ0) is 11.9. The van der Waals surface area contributed by atoms with Crippen LogP contribution >= 0.6 is 0 Å². The van der Waals surface area contributed by atoms with Crippen molar-refractivity contribution >= 4 is 5.97 Å². The summed E-state index contributed by atoms with van der Waals surface area (Å²) in [6.07, 6.45) is 1.38. The third-order valence-electron chi connectivity index (χ3n) is 3.58. The molecule has 5 heteroatoms. The van der Waals surface area contributed by atoms with Crippen LogP contribution < -0.4 is 0 Å². The third kappa shape index (κ3) is 1.60. The molecule has 1 aliphatic heterocycles. The van der Waals surface area contributed by atoms with E-state index < -0.39 is 23.8 Å². The van der Waals surface area contributed by atoms with Gasteiger partial charge in [-0.05, 0) is 19.8 Å². The van der Waals surface area contributed by atoms with Gasteiger partial charge in [-0.1, -0.05) is 0 Å². The lowest BCUT2D eigenvalue weighted by Gasteiger charge is -2.35. The zero-order valence-electron chi connectivity index (χ0n) is 9.34. The van der Waals surface area contributed by atoms with E-state index in [0.717, 1.165) is 0 Å². The number of rotatable bonds is 1. The fraction of sp³-hybridized carbons (Fsp3) is 0.727. The number of fused-ring (bicyclic) bond motifs is 1. The molecule has 0 radical (unpaired) electrons. The molecule has 0 amide bonds. The molecule has 0 saturated heterocycles. The van der Waals surface area contributed by atoms with Gasteiger partial charge in [0.25, 0.3) is 0 Å². The van der Waals surface area contributed by atoms with Crippen molar-refractivity contribution in [3.8, 4) is 0 Å². The van der Waals surface area contributed by atoms with Gasteiger partial charge in [-0.15, -0.1) is 0 Å². The normalized spacial score (nSPS) is 42.0. The van der Waals surface area contributed by atoms with Gasteiger partial charge in [0.05, 0.1) is 30.5 Å². The second kappa shape index (κ2) is 3.75. The van der Waals surface area contributed by atoms with Crippen molar-refractivity contribution in [2.24, 2.45) is 11.8 Å². The lowest BCUT2D eigenvalue weighted by Crippen LogP contribution is -2.44. The van der Waals surface area contributed by atoms with Crippen LogP contribution in [0.25, 0.3) is 0 Å². The van der Waals surface area contributed by atoms with Crippen LogP contribution in [0.2, 0.25) is 0 Å². The average molecular weight is 228 g/mol. The number of hydrogen-bond acceptors (Lipinski definition) is 5. The van der Waals surface area contributed by atoms with Gasteiger partial charge in [0.1, 0.15) is 0 Å². The Morgan fingerprint density at radius 2 is 2.38 bits per heavy atom. The van der Waals surface area contributed by atoms with Crippen LogP contribution in [-0.4, -0.2) is 35.2 Å². The molecule has 0 aromatic rings. The second-order valence-corrected chi connectivity index (χ2v) is 4.62. The van der Waals surface area contributed by atoms with Crippen LogP contribution in [-0.2, 0) is 14.3 Å². The van der Waals surface area contributed by atoms with Gasteiger partial charge in [-0.2, -0.15) is 0 Å². The molecule has 4 unspecified atom stereocenters. The molecule has 1 heterocycles. The lowest BCUT2D eigenvalue weighted by molar-refractivity contribution is -0.165. The van der Waals surface area contributed by atoms with E-state index in [2.05, 4.69) is 4.74 Å². The quantitative estimate of drug-likeness (QED) is 0.626. The number of ether oxygens (including phenoxy) is 2. The minimum absolute atomic E-state index is 0.189. The third-order valence-corrected chi connectivity index (χ3v) is 3.58. The molecular formula is C11H16O5. The lowest BCUT2D eigenvalue weighted by atomic mass is 9.81. The summed E-state index contributed by atoms with van der Waals surface area (Å²) < 4.78 is 9.65. The Labute approximate surface area is 93.7 Å². The Kier molecular flexibility index (Phi) is 2.67. The summed E-state index contributed by atoms with van der Waals surface area (Å²) in [4.78, 5) is 11.5. The Morgan fingerprint density at radius 1 is 1.69 bits per heavy atom. The molecule has 0 spiro atoms. The summed E-state index contributed by atoms with van der Waals surface area (Å²) in [5, 5.41) is 19.8. The molecule has 5 nitrogen and oxygen atoms in total. The number of carbonyl (C=O) groups is 1. The van der Waals surface area contributed by atoms with E-state index in [4.69, 9.17) is 4.74 Å². The van der Waals surface area contributed by atoms with Crippen molar-refractivity contribution in [1.29, 1.82) is 0 Å². The average Bonchev–Trinajstić information content (AvgIpc) is 2.55. The monoisotopic (exact) mass is 228 g/mol. The van der Waals surface area contributed by atoms with E-state index in [1.807, 2.05) is 0 Å². The SMILES string of the molecule is COC(=O)C1=COC(O)C2C1CCC2(C)O. The maximum atomic E-state index is 11.5. The molecule has 90 valence electrons. The van der Waals surface area contributed by atoms with Crippen molar-refractivity contribution in [2.45, 2.75) is 31.7 Å². The highest BCUT2D eigenvalue weighted by Gasteiger charge is 2.53. The maximum absolute atomic E-state index is 11.5. The summed E-state index contributed by atoms with van der Waals surface area (Å²) in [7, 11) is 1.30. The largest absolute Gasteiger partial charge is 0.472 e. The molecule has 1 fully saturated rings. The number of aliphatic hydroxyl groups excluding tert-OH is 1. The first-order valence-corrected chi connectivity index (χ1v) is 5.31. The van der Waals surface area contributed by atoms with Gasteiger partial charge in [0.15, 0.2) is 0 Å². The Hall–Kier alpha value is -1.07. The summed E-state index contributed by atoms with van der Waals surface area (Å²) in [6.45, 7) is 1.66. The highest BCUT2D eigenvalue weighted by atomic mass is 16.6. The second-order valence-electron chi connectivity index (χ2n) is 4.62. The van der Waals surface area contributed by atoms with Crippen LogP contribution in [0.15, 0.2) is 11.8 Å². The summed E-state index contributed by atoms with van der Waals surface area (Å²) >= 11 is 0. The van der Waals surface area contributed by atoms with Gasteiger partial charge in [0, 0.05) is 5.92 Å². The van der Waals surface area contributed by atoms with Crippen LogP contribution in [0.5, 0.6) is 0 Å². The van der Waals surface area contributed by atoms with Gasteiger partial charge >= 0.3 is 5.97 Å². The predicted octanol–water partition coefficient (Wildman–Crippen LogP) is 0.169. The Morgan fingerprint density at radius 3 is 3.00 bits per heavy atom. The zero-order valence-corrected chi connectivity index (χ0v) is 9.34. The fourth-order valence-corrected chi connectivity index (χ4v) is 2.71. The number of esters is 1. The van der Waals surface area contributed by atoms with Crippen molar-refractivity contribution < 1.29 is 24.5 Å². The van der Waals surface area contributed by atoms with E-state index >= 15 is 0 Å². The summed E-state index contributed by atoms with van der Waals surface area (Å²) in [5.74, 6) is -1.11. The van der Waals surface area contributed by atoms with Crippen molar-refractivity contribution in [3.05, 3.63) is 11.8 Å². The number of aliphatic hydroxyl groups is 2. The van der Waals surface area contributed by atoms with Crippen molar-refractivity contribution in [2.75, 3.05) is 7.11 Å². The van der Waals surface area contributed by atoms with Crippen LogP contribution in [0.3, 0.4) is 0 Å². The highest BCUT2D eigenvalue weighted by molar-refractivity contribution is 5.89. The first kappa shape index (κ1) is 11.4. The van der Waals surface area contributed by atoms with E-state index in [-0.39, 0.29) is 5.92 Å². The molecule has 2 aliphatic rings. The fourth-order valence-electron chi connectivity index (χ4n) is 2.71. The van der Waals surface area contributed by atoms with E-state index in [0.29, 0.717) is 18.4 Å². The molecule has 0 bridgehead atoms. The Balaban J connectivity index is 2.30. The number of methoxy groups -OCH3 is 1. The van der Waals surface area contributed by atoms with Crippen LogP contribution in [0, 0.1) is 11.8 Å². The van der Waals surface area contributed by atoms with Crippen molar-refractivity contribution in [1.82, 2.24) is 0 Å². The van der Waals surface area contributed by atoms with E-state index in [1.165, 1.54) is 13.4 Å². The Bertz CT molecular complexity index is 333. The number of hydrogen-bond donors (Lipinski definition) is 2. The van der Waals surface area contributed by atoms with Gasteiger partial charge < -0.3 is 19.7 Å². The molecule has 1 aliphatic carbocycles. The molecule has 2 N–H and O–H groups in total. The van der Waals surface area contributed by atoms with Crippen LogP contribution in [0.4, 0.5) is 0 Å². The minimum atomic E-state index is -1.06. The standard InChI is InChI=1S/C11H16O5/c1-11(14)4-3-6-7(9(12)15-2)5-16-10(13)8(6)11/h5-6,8,10,13-14H,3-4H2,1-2H3. The molecule has 4 atom stereocenters. The summed E-state index contributed by atoms with van der Waals surface area (Å²) in [5.41, 5.74) is -0.604. The van der Waals surface area contributed by atoms with E-state index in [9.17, 15) is 15.0 Å². The maximum Gasteiger partial charge on any atom is 0.337 e. The van der Waals surface area contributed by atoms with Gasteiger partial charge in [-0.3, -0.25) is 0 Å². The van der Waals surface area contributed by atoms with E-state index in [1.54, 1.807) is 6.92 Å². The number of carbonyl (C=O) groups excluding carboxylic acids is 1. The minimum Gasteiger partial charge on any atom is -0.472 e. The highest BCUT2D eigenvalue weighted by Crippen LogP contribution is 2.48. The molecule has 16 heavy (non-hydrogen) atoms. The first-order chi connectivity index (χ1) is 7.47. The molecule has 2 rings (SSSR count). The molecule has 0 aromatic heterocycles. The van der Waals surface area contributed by atoms with Gasteiger partial charge in [-0.25, -0.2) is 4.79 Å². The predicted molar refractivity (Wildman–Crippen MR) is 54.0 cm³/mol. The molecule has 1 saturated carbocycles. The summed E-state index contributed by atoms with van der Waals surface area (Å²) in [6, 6.07) is 0. The van der Waals surface area contributed by atoms with Crippen LogP contribution in [0.1, 0.15) is 19.8 Å². The molecule has 0 aromatic carbocycles. The topological polar surface area (TPSA) is 76.0 Å². The smallest absolute Gasteiger partial charge is 0.337 e. The van der Waals surface area contributed by atoms with Gasteiger partial charge in [0.2, 0.25) is 6.29 Å². The first-order valence-electron chi connectivity index (χ1n) is 5.31. The molecular weight excluding hydrogens is 212 g/mol. The van der Waals surface area contributed by atoms with Crippen molar-refractivity contribution in [3.63, 3.8) is 0 Å².